The zero-order valence-electron chi connectivity index (χ0n) is 15.7. The van der Waals surface area contributed by atoms with Crippen molar-refractivity contribution in [3.05, 3.63) is 52.4 Å². The predicted molar refractivity (Wildman–Crippen MR) is 101 cm³/mol. The summed E-state index contributed by atoms with van der Waals surface area (Å²) >= 11 is 0. The van der Waals surface area contributed by atoms with Crippen LogP contribution in [0, 0.1) is 11.8 Å². The van der Waals surface area contributed by atoms with Crippen molar-refractivity contribution in [3.63, 3.8) is 0 Å². The third-order valence-electron chi connectivity index (χ3n) is 5.45. The first-order chi connectivity index (χ1) is 13.9. The van der Waals surface area contributed by atoms with Crippen LogP contribution < -0.4 is 5.63 Å². The lowest BCUT2D eigenvalue weighted by Crippen LogP contribution is -2.44. The molecule has 0 spiro atoms. The zero-order valence-corrected chi connectivity index (χ0v) is 15.7. The maximum absolute atomic E-state index is 12.6. The third kappa shape index (κ3) is 3.30. The maximum Gasteiger partial charge on any atom is 0.336 e. The molecule has 0 radical (unpaired) electrons. The van der Waals surface area contributed by atoms with Crippen molar-refractivity contribution >= 4 is 28.8 Å². The number of phenols is 1. The van der Waals surface area contributed by atoms with Gasteiger partial charge in [-0.1, -0.05) is 12.2 Å². The highest BCUT2D eigenvalue weighted by Crippen LogP contribution is 2.36. The number of phenolic OH excluding ortho intramolecular Hbond substituents is 1. The Balaban J connectivity index is 1.50. The summed E-state index contributed by atoms with van der Waals surface area (Å²) in [4.78, 5) is 50.5. The highest BCUT2D eigenvalue weighted by molar-refractivity contribution is 6.08. The number of esters is 1. The van der Waals surface area contributed by atoms with Gasteiger partial charge in [-0.05, 0) is 31.9 Å². The monoisotopic (exact) mass is 397 g/mol. The van der Waals surface area contributed by atoms with E-state index in [1.54, 1.807) is 6.07 Å². The molecule has 2 heterocycles. The standard InChI is InChI=1S/C21H19NO7/c1-11(22-19(25)15-4-2-3-5-16(15)20(22)26)21(27)28-10-12-8-18(24)29-17-9-13(23)6-7-14(12)17/h2-3,6-9,11,15-16,23H,4-5,10H2,1H3/t11-,15+,16+/m0/s1. The summed E-state index contributed by atoms with van der Waals surface area (Å²) in [6.07, 6.45) is 4.74. The van der Waals surface area contributed by atoms with Gasteiger partial charge in [-0.25, -0.2) is 9.59 Å². The molecule has 1 aliphatic heterocycles. The third-order valence-corrected chi connectivity index (χ3v) is 5.45. The Morgan fingerprint density at radius 3 is 2.48 bits per heavy atom. The van der Waals surface area contributed by atoms with Gasteiger partial charge >= 0.3 is 11.6 Å². The van der Waals surface area contributed by atoms with E-state index in [0.29, 0.717) is 23.8 Å². The second-order valence-electron chi connectivity index (χ2n) is 7.26. The summed E-state index contributed by atoms with van der Waals surface area (Å²) in [5, 5.41) is 10.0. The Hall–Kier alpha value is -3.42. The number of rotatable bonds is 4. The van der Waals surface area contributed by atoms with E-state index < -0.39 is 29.5 Å². The number of likely N-dealkylation sites (tertiary alicyclic amines) is 1. The van der Waals surface area contributed by atoms with Crippen molar-refractivity contribution in [2.45, 2.75) is 32.4 Å². The predicted octanol–water partition coefficient (Wildman–Crippen LogP) is 1.88. The summed E-state index contributed by atoms with van der Waals surface area (Å²) in [7, 11) is 0. The summed E-state index contributed by atoms with van der Waals surface area (Å²) < 4.78 is 10.3. The molecular weight excluding hydrogens is 378 g/mol. The van der Waals surface area contributed by atoms with Crippen LogP contribution in [0.1, 0.15) is 25.3 Å². The number of carbonyl (C=O) groups is 3. The average Bonchev–Trinajstić information content (AvgIpc) is 2.95. The van der Waals surface area contributed by atoms with Crippen LogP contribution in [0.25, 0.3) is 11.0 Å². The second kappa shape index (κ2) is 7.20. The molecule has 150 valence electrons. The summed E-state index contributed by atoms with van der Waals surface area (Å²) in [6.45, 7) is 1.22. The molecule has 1 fully saturated rings. The van der Waals surface area contributed by atoms with Gasteiger partial charge in [-0.15, -0.1) is 0 Å². The molecule has 0 saturated carbocycles. The van der Waals surface area contributed by atoms with Crippen molar-refractivity contribution in [2.75, 3.05) is 0 Å². The maximum atomic E-state index is 12.6. The average molecular weight is 397 g/mol. The van der Waals surface area contributed by atoms with E-state index >= 15 is 0 Å². The normalized spacial score (nSPS) is 22.0. The number of allylic oxidation sites excluding steroid dienone is 2. The highest BCUT2D eigenvalue weighted by atomic mass is 16.5. The molecule has 1 aromatic carbocycles. The van der Waals surface area contributed by atoms with E-state index in [2.05, 4.69) is 0 Å². The zero-order chi connectivity index (χ0) is 20.7. The molecule has 0 unspecified atom stereocenters. The number of imide groups is 1. The summed E-state index contributed by atoms with van der Waals surface area (Å²) in [5.41, 5.74) is -0.0875. The second-order valence-corrected chi connectivity index (χ2v) is 7.26. The van der Waals surface area contributed by atoms with Gasteiger partial charge in [0.05, 0.1) is 11.8 Å². The van der Waals surface area contributed by atoms with Crippen LogP contribution >= 0.6 is 0 Å². The van der Waals surface area contributed by atoms with Gasteiger partial charge in [0.2, 0.25) is 11.8 Å². The van der Waals surface area contributed by atoms with Crippen LogP contribution in [0.3, 0.4) is 0 Å². The quantitative estimate of drug-likeness (QED) is 0.363. The molecule has 2 aliphatic rings. The molecule has 8 heteroatoms. The number of carbonyl (C=O) groups excluding carboxylic acids is 3. The lowest BCUT2D eigenvalue weighted by molar-refractivity contribution is -0.159. The molecule has 1 N–H and O–H groups in total. The molecule has 4 rings (SSSR count). The van der Waals surface area contributed by atoms with E-state index in [0.717, 1.165) is 4.90 Å². The molecule has 8 nitrogen and oxygen atoms in total. The lowest BCUT2D eigenvalue weighted by Gasteiger charge is -2.21. The molecule has 0 bridgehead atoms. The van der Waals surface area contributed by atoms with Crippen LogP contribution in [-0.4, -0.2) is 33.8 Å². The number of hydrogen-bond donors (Lipinski definition) is 1. The van der Waals surface area contributed by atoms with Crippen LogP contribution in [-0.2, 0) is 25.7 Å². The fraction of sp³-hybridized carbons (Fsp3) is 0.333. The minimum Gasteiger partial charge on any atom is -0.508 e. The Morgan fingerprint density at radius 1 is 1.17 bits per heavy atom. The van der Waals surface area contributed by atoms with Gasteiger partial charge < -0.3 is 14.3 Å². The van der Waals surface area contributed by atoms with Crippen molar-refractivity contribution in [1.29, 1.82) is 0 Å². The molecule has 29 heavy (non-hydrogen) atoms. The molecule has 3 atom stereocenters. The van der Waals surface area contributed by atoms with E-state index in [9.17, 15) is 24.3 Å². The largest absolute Gasteiger partial charge is 0.508 e. The van der Waals surface area contributed by atoms with E-state index in [1.165, 1.54) is 25.1 Å². The minimum absolute atomic E-state index is 0.0644. The Kier molecular flexibility index (Phi) is 4.70. The minimum atomic E-state index is -1.06. The van der Waals surface area contributed by atoms with Gasteiger partial charge in [-0.3, -0.25) is 14.5 Å². The van der Waals surface area contributed by atoms with Gasteiger partial charge in [0, 0.05) is 23.1 Å². The number of hydrogen-bond acceptors (Lipinski definition) is 7. The number of ether oxygens (including phenoxy) is 1. The number of amides is 2. The van der Waals surface area contributed by atoms with Crippen LogP contribution in [0.15, 0.2) is 45.6 Å². The van der Waals surface area contributed by atoms with Crippen molar-refractivity contribution in [3.8, 4) is 5.75 Å². The first-order valence-corrected chi connectivity index (χ1v) is 9.31. The highest BCUT2D eigenvalue weighted by Gasteiger charge is 2.50. The molecule has 2 aromatic rings. The fourth-order valence-electron chi connectivity index (χ4n) is 3.92. The molecule has 2 amide bonds. The topological polar surface area (TPSA) is 114 Å². The summed E-state index contributed by atoms with van der Waals surface area (Å²) in [6, 6.07) is 4.40. The van der Waals surface area contributed by atoms with Gasteiger partial charge in [0.1, 0.15) is 24.0 Å². The number of aromatic hydroxyl groups is 1. The molecule has 1 aromatic heterocycles. The van der Waals surface area contributed by atoms with Crippen molar-refractivity contribution < 1.29 is 28.6 Å². The number of fused-ring (bicyclic) bond motifs is 2. The fourth-order valence-corrected chi connectivity index (χ4v) is 3.92. The van der Waals surface area contributed by atoms with Crippen molar-refractivity contribution in [1.82, 2.24) is 4.90 Å². The summed E-state index contributed by atoms with van der Waals surface area (Å²) in [5.74, 6) is -2.34. The van der Waals surface area contributed by atoms with E-state index in [1.807, 2.05) is 12.2 Å². The Labute approximate surface area is 165 Å². The lowest BCUT2D eigenvalue weighted by atomic mass is 9.85. The smallest absolute Gasteiger partial charge is 0.336 e. The number of benzene rings is 1. The van der Waals surface area contributed by atoms with Crippen LogP contribution in [0.2, 0.25) is 0 Å². The van der Waals surface area contributed by atoms with E-state index in [-0.39, 0.29) is 29.8 Å². The number of nitrogens with zero attached hydrogens (tertiary/aromatic N) is 1. The van der Waals surface area contributed by atoms with E-state index in [4.69, 9.17) is 9.15 Å². The van der Waals surface area contributed by atoms with Gasteiger partial charge in [0.15, 0.2) is 0 Å². The van der Waals surface area contributed by atoms with Crippen LogP contribution in [0.5, 0.6) is 5.75 Å². The SMILES string of the molecule is C[C@@H](C(=O)OCc1cc(=O)oc2cc(O)ccc12)N1C(=O)[C@@H]2CC=CC[C@H]2C1=O. The first kappa shape index (κ1) is 18.9. The Bertz CT molecular complexity index is 1070. The van der Waals surface area contributed by atoms with Crippen LogP contribution in [0.4, 0.5) is 0 Å². The van der Waals surface area contributed by atoms with Crippen molar-refractivity contribution in [2.24, 2.45) is 11.8 Å². The molecule has 1 saturated heterocycles. The Morgan fingerprint density at radius 2 is 1.83 bits per heavy atom. The van der Waals surface area contributed by atoms with Gasteiger partial charge in [0.25, 0.3) is 0 Å². The molecule has 1 aliphatic carbocycles. The first-order valence-electron chi connectivity index (χ1n) is 9.31. The molecular formula is C21H19NO7. The van der Waals surface area contributed by atoms with Gasteiger partial charge in [-0.2, -0.15) is 0 Å².